The smallest absolute Gasteiger partial charge is 0.333 e. The van der Waals surface area contributed by atoms with Crippen molar-refractivity contribution < 1.29 is 63.9 Å². The van der Waals surface area contributed by atoms with Crippen molar-refractivity contribution in [3.63, 3.8) is 0 Å². The van der Waals surface area contributed by atoms with Crippen molar-refractivity contribution >= 4 is 5.97 Å². The highest BCUT2D eigenvalue weighted by Gasteiger charge is 2.54. The molecule has 0 aromatic rings. The molecule has 3 aliphatic heterocycles. The number of ether oxygens (including phenoxy) is 6. The van der Waals surface area contributed by atoms with E-state index in [2.05, 4.69) is 19.9 Å². The summed E-state index contributed by atoms with van der Waals surface area (Å²) in [6.45, 7) is 5.73. The Morgan fingerprint density at radius 3 is 2.31 bits per heavy atom. The summed E-state index contributed by atoms with van der Waals surface area (Å²) >= 11 is 0. The number of cyclic esters (lactones) is 1. The van der Waals surface area contributed by atoms with Crippen LogP contribution in [0.2, 0.25) is 0 Å². The van der Waals surface area contributed by atoms with Crippen LogP contribution in [0.15, 0.2) is 46.1 Å². The maximum absolute atomic E-state index is 11.9. The molecule has 0 spiro atoms. The molecule has 2 saturated heterocycles. The van der Waals surface area contributed by atoms with Gasteiger partial charge in [-0.25, -0.2) is 4.79 Å². The van der Waals surface area contributed by atoms with Gasteiger partial charge < -0.3 is 59.1 Å². The van der Waals surface area contributed by atoms with Gasteiger partial charge in [0.2, 0.25) is 6.29 Å². The maximum Gasteiger partial charge on any atom is 0.333 e. The Kier molecular flexibility index (Phi) is 9.53. The lowest BCUT2D eigenvalue weighted by Crippen LogP contribution is -2.64. The molecule has 0 bridgehead atoms. The molecule has 15 atom stereocenters. The van der Waals surface area contributed by atoms with E-state index < -0.39 is 80.3 Å². The fourth-order valence-electron chi connectivity index (χ4n) is 9.74. The summed E-state index contributed by atoms with van der Waals surface area (Å²) < 4.78 is 34.8. The summed E-state index contributed by atoms with van der Waals surface area (Å²) in [5.74, 6) is -0.129. The fourth-order valence-corrected chi connectivity index (χ4v) is 9.74. The lowest BCUT2D eigenvalue weighted by atomic mass is 9.52. The molecular formula is C36H50O13. The zero-order chi connectivity index (χ0) is 35.0. The zero-order valence-electron chi connectivity index (χ0n) is 28.4. The average Bonchev–Trinajstić information content (AvgIpc) is 3.60. The molecule has 7 aliphatic rings. The molecule has 3 heterocycles. The average molecular weight is 691 g/mol. The van der Waals surface area contributed by atoms with E-state index in [1.54, 1.807) is 6.92 Å². The van der Waals surface area contributed by atoms with Crippen molar-refractivity contribution in [3.8, 4) is 0 Å². The van der Waals surface area contributed by atoms with Gasteiger partial charge in [-0.15, -0.1) is 0 Å². The molecule has 13 nitrogen and oxygen atoms in total. The van der Waals surface area contributed by atoms with Gasteiger partial charge >= 0.3 is 5.97 Å². The highest BCUT2D eigenvalue weighted by atomic mass is 16.7. The Morgan fingerprint density at radius 2 is 1.61 bits per heavy atom. The van der Waals surface area contributed by atoms with Gasteiger partial charge in [0.1, 0.15) is 42.7 Å². The Balaban J connectivity index is 1.01. The van der Waals surface area contributed by atoms with Crippen LogP contribution < -0.4 is 0 Å². The monoisotopic (exact) mass is 690 g/mol. The van der Waals surface area contributed by atoms with E-state index in [0.29, 0.717) is 11.5 Å². The SMILES string of the molecule is CO[C@@H]1[C@@H](O)[C@H](O[C@H]2CC[C@]3(C)C4=C(CC[C@@H]3C2)C2=CC=C(C3=CC(=O)O[C@H]3O)[C@@]2(C)CC4)O[C@H](C)[C@@H]1O[C@@H]1O[C@H](CO)[C@@H](O)[C@H](O)[C@H]1O. The number of allylic oxidation sites excluding steroid dienone is 5. The number of hydrogen-bond donors (Lipinski definition) is 6. The van der Waals surface area contributed by atoms with Crippen LogP contribution >= 0.6 is 0 Å². The van der Waals surface area contributed by atoms with Crippen molar-refractivity contribution in [1.82, 2.24) is 0 Å². The van der Waals surface area contributed by atoms with Gasteiger partial charge in [-0.3, -0.25) is 0 Å². The second-order valence-electron chi connectivity index (χ2n) is 15.2. The van der Waals surface area contributed by atoms with Crippen LogP contribution in [0.1, 0.15) is 65.7 Å². The summed E-state index contributed by atoms with van der Waals surface area (Å²) in [6.07, 6.45) is -1.46. The molecule has 1 saturated carbocycles. The number of carbonyl (C=O) groups is 1. The molecule has 0 aromatic heterocycles. The molecule has 49 heavy (non-hydrogen) atoms. The predicted molar refractivity (Wildman–Crippen MR) is 170 cm³/mol. The van der Waals surface area contributed by atoms with Crippen LogP contribution in [-0.4, -0.2) is 124 Å². The summed E-state index contributed by atoms with van der Waals surface area (Å²) in [7, 11) is 1.43. The topological polar surface area (TPSA) is 194 Å². The predicted octanol–water partition coefficient (Wildman–Crippen LogP) is 1.04. The number of fused-ring (bicyclic) bond motifs is 4. The van der Waals surface area contributed by atoms with Crippen LogP contribution in [-0.2, 0) is 33.2 Å². The van der Waals surface area contributed by atoms with E-state index in [0.717, 1.165) is 50.5 Å². The molecule has 7 rings (SSSR count). The number of methoxy groups -OCH3 is 1. The van der Waals surface area contributed by atoms with Crippen LogP contribution in [0.4, 0.5) is 0 Å². The van der Waals surface area contributed by atoms with Crippen molar-refractivity contribution in [1.29, 1.82) is 0 Å². The minimum absolute atomic E-state index is 0.00230. The van der Waals surface area contributed by atoms with Gasteiger partial charge in [0, 0.05) is 24.2 Å². The third kappa shape index (κ3) is 5.79. The standard InChI is InChI=1S/C36H50O13/c1-16-30(49-33-28(41)27(40)26(39)24(15-37)47-33)31(44-4)29(42)34(45-16)46-18-9-11-35(2)17(13-18)5-6-19-21-7-8-22(20-14-25(38)48-32(20)43)36(21,3)12-10-23(19)35/h7-8,14,16-18,24,26-34,37,39-43H,5-6,9-13,15H2,1-4H3/t16-,17-,18+,24-,26-,27+,28-,29-,30+,31-,32-,33+,34+,35+,36+/m1/s1. The Morgan fingerprint density at radius 1 is 0.878 bits per heavy atom. The number of aliphatic hydroxyl groups excluding tert-OH is 6. The lowest BCUT2D eigenvalue weighted by molar-refractivity contribution is -0.361. The molecule has 0 radical (unpaired) electrons. The van der Waals surface area contributed by atoms with Gasteiger partial charge in [-0.05, 0) is 79.9 Å². The largest absolute Gasteiger partial charge is 0.428 e. The molecule has 0 amide bonds. The van der Waals surface area contributed by atoms with E-state index in [1.165, 1.54) is 29.9 Å². The van der Waals surface area contributed by atoms with E-state index in [4.69, 9.17) is 28.4 Å². The van der Waals surface area contributed by atoms with Crippen molar-refractivity contribution in [2.75, 3.05) is 13.7 Å². The molecule has 0 aromatic carbocycles. The summed E-state index contributed by atoms with van der Waals surface area (Å²) in [6, 6.07) is 0. The first-order valence-electron chi connectivity index (χ1n) is 17.5. The van der Waals surface area contributed by atoms with E-state index >= 15 is 0 Å². The number of aliphatic hydroxyl groups is 6. The summed E-state index contributed by atoms with van der Waals surface area (Å²) in [5, 5.41) is 62.2. The van der Waals surface area contributed by atoms with E-state index in [9.17, 15) is 35.4 Å². The second kappa shape index (κ2) is 13.2. The Hall–Kier alpha value is -2.01. The normalized spacial score (nSPS) is 48.2. The van der Waals surface area contributed by atoms with Gasteiger partial charge in [0.15, 0.2) is 12.6 Å². The zero-order valence-corrected chi connectivity index (χ0v) is 28.4. The van der Waals surface area contributed by atoms with Gasteiger partial charge in [0.05, 0.1) is 18.8 Å². The van der Waals surface area contributed by atoms with Gasteiger partial charge in [-0.2, -0.15) is 0 Å². The van der Waals surface area contributed by atoms with Gasteiger partial charge in [0.25, 0.3) is 0 Å². The van der Waals surface area contributed by atoms with Crippen LogP contribution in [0.25, 0.3) is 0 Å². The minimum Gasteiger partial charge on any atom is -0.428 e. The molecule has 13 heteroatoms. The summed E-state index contributed by atoms with van der Waals surface area (Å²) in [5.41, 5.74) is 5.44. The first-order valence-corrected chi connectivity index (χ1v) is 17.5. The van der Waals surface area contributed by atoms with Crippen LogP contribution in [0.3, 0.4) is 0 Å². The molecule has 6 N–H and O–H groups in total. The van der Waals surface area contributed by atoms with Crippen LogP contribution in [0.5, 0.6) is 0 Å². The molecule has 272 valence electrons. The highest BCUT2D eigenvalue weighted by molar-refractivity contribution is 5.87. The fraction of sp³-hybridized carbons (Fsp3) is 0.750. The van der Waals surface area contributed by atoms with Crippen molar-refractivity contribution in [2.24, 2.45) is 16.7 Å². The molecule has 4 aliphatic carbocycles. The quantitative estimate of drug-likeness (QED) is 0.208. The van der Waals surface area contributed by atoms with Crippen molar-refractivity contribution in [3.05, 3.63) is 46.1 Å². The van der Waals surface area contributed by atoms with E-state index in [1.807, 2.05) is 6.08 Å². The first-order chi connectivity index (χ1) is 23.3. The highest BCUT2D eigenvalue weighted by Crippen LogP contribution is 2.63. The first kappa shape index (κ1) is 35.4. The third-order valence-corrected chi connectivity index (χ3v) is 12.6. The van der Waals surface area contributed by atoms with Crippen LogP contribution in [0, 0.1) is 16.7 Å². The minimum atomic E-state index is -1.60. The number of esters is 1. The Labute approximate surface area is 285 Å². The van der Waals surface area contributed by atoms with Gasteiger partial charge in [-0.1, -0.05) is 31.6 Å². The number of hydrogen-bond acceptors (Lipinski definition) is 13. The molecular weight excluding hydrogens is 640 g/mol. The number of rotatable bonds is 7. The maximum atomic E-state index is 11.9. The van der Waals surface area contributed by atoms with E-state index in [-0.39, 0.29) is 16.9 Å². The molecule has 0 unspecified atom stereocenters. The Bertz CT molecular complexity index is 1440. The summed E-state index contributed by atoms with van der Waals surface area (Å²) in [4.78, 5) is 11.9. The third-order valence-electron chi connectivity index (χ3n) is 12.6. The lowest BCUT2D eigenvalue weighted by Gasteiger charge is -2.54. The second-order valence-corrected chi connectivity index (χ2v) is 15.2. The van der Waals surface area contributed by atoms with Crippen molar-refractivity contribution in [2.45, 2.75) is 140 Å². The number of carbonyl (C=O) groups excluding carboxylic acids is 1. The molecule has 3 fully saturated rings.